The van der Waals surface area contributed by atoms with Crippen molar-refractivity contribution in [3.05, 3.63) is 41.3 Å². The van der Waals surface area contributed by atoms with Crippen LogP contribution in [0.5, 0.6) is 0 Å². The number of hydrogen-bond donors (Lipinski definition) is 1. The zero-order valence-corrected chi connectivity index (χ0v) is 7.72. The molecule has 0 radical (unpaired) electrons. The summed E-state index contributed by atoms with van der Waals surface area (Å²) < 4.78 is 25.1. The van der Waals surface area contributed by atoms with Gasteiger partial charge in [-0.2, -0.15) is 0 Å². The molecule has 0 spiro atoms. The van der Waals surface area contributed by atoms with Crippen LogP contribution in [0.1, 0.15) is 0 Å². The fourth-order valence-corrected chi connectivity index (χ4v) is 1.38. The second kappa shape index (κ2) is 4.76. The minimum Gasteiger partial charge on any atom is -0.478 e. The van der Waals surface area contributed by atoms with E-state index in [0.717, 1.165) is 30.0 Å². The molecule has 14 heavy (non-hydrogen) atoms. The van der Waals surface area contributed by atoms with Gasteiger partial charge in [0.2, 0.25) is 0 Å². The highest BCUT2D eigenvalue weighted by molar-refractivity contribution is 8.02. The van der Waals surface area contributed by atoms with Gasteiger partial charge >= 0.3 is 5.97 Å². The summed E-state index contributed by atoms with van der Waals surface area (Å²) in [6.45, 7) is 0. The lowest BCUT2D eigenvalue weighted by Gasteiger charge is -1.96. The Labute approximate surface area is 83.2 Å². The van der Waals surface area contributed by atoms with Gasteiger partial charge in [-0.3, -0.25) is 0 Å². The Morgan fingerprint density at radius 3 is 2.64 bits per heavy atom. The number of rotatable bonds is 3. The molecule has 1 aromatic rings. The Morgan fingerprint density at radius 1 is 1.36 bits per heavy atom. The highest BCUT2D eigenvalue weighted by atomic mass is 32.2. The van der Waals surface area contributed by atoms with Gasteiger partial charge < -0.3 is 5.11 Å². The van der Waals surface area contributed by atoms with Gasteiger partial charge in [0, 0.05) is 11.0 Å². The van der Waals surface area contributed by atoms with Crippen molar-refractivity contribution >= 4 is 17.7 Å². The molecule has 0 heterocycles. The molecule has 0 bridgehead atoms. The predicted molar refractivity (Wildman–Crippen MR) is 49.0 cm³/mol. The SMILES string of the molecule is O=C(O)/C=C/Sc1ccc(F)c(F)c1. The van der Waals surface area contributed by atoms with Crippen LogP contribution in [0.25, 0.3) is 0 Å². The molecule has 0 aliphatic heterocycles. The number of carbonyl (C=O) groups is 1. The second-order valence-electron chi connectivity index (χ2n) is 2.33. The molecule has 0 amide bonds. The number of benzene rings is 1. The van der Waals surface area contributed by atoms with Gasteiger partial charge in [-0.1, -0.05) is 11.8 Å². The van der Waals surface area contributed by atoms with Gasteiger partial charge in [-0.25, -0.2) is 13.6 Å². The lowest BCUT2D eigenvalue weighted by Crippen LogP contribution is -1.85. The zero-order chi connectivity index (χ0) is 10.6. The van der Waals surface area contributed by atoms with Crippen molar-refractivity contribution < 1.29 is 18.7 Å². The second-order valence-corrected chi connectivity index (χ2v) is 3.31. The molecular weight excluding hydrogens is 210 g/mol. The first kappa shape index (κ1) is 10.7. The molecule has 1 aromatic carbocycles. The summed E-state index contributed by atoms with van der Waals surface area (Å²) in [6, 6.07) is 3.37. The molecule has 0 atom stereocenters. The fraction of sp³-hybridized carbons (Fsp3) is 0. The Morgan fingerprint density at radius 2 is 2.07 bits per heavy atom. The molecule has 1 N–H and O–H groups in total. The molecule has 2 nitrogen and oxygen atoms in total. The number of carboxylic acid groups (broad SMARTS) is 1. The highest BCUT2D eigenvalue weighted by Gasteiger charge is 2.01. The summed E-state index contributed by atoms with van der Waals surface area (Å²) >= 11 is 1.00. The first-order valence-electron chi connectivity index (χ1n) is 3.61. The van der Waals surface area contributed by atoms with E-state index >= 15 is 0 Å². The fourth-order valence-electron chi connectivity index (χ4n) is 0.721. The normalized spacial score (nSPS) is 10.7. The van der Waals surface area contributed by atoms with E-state index in [1.54, 1.807) is 0 Å². The molecule has 0 saturated carbocycles. The number of aliphatic carboxylic acids is 1. The third-order valence-electron chi connectivity index (χ3n) is 1.31. The molecule has 0 saturated heterocycles. The Balaban J connectivity index is 2.69. The van der Waals surface area contributed by atoms with Crippen LogP contribution in [0.4, 0.5) is 8.78 Å². The first-order chi connectivity index (χ1) is 6.59. The van der Waals surface area contributed by atoms with Gasteiger partial charge in [0.15, 0.2) is 11.6 Å². The topological polar surface area (TPSA) is 37.3 Å². The van der Waals surface area contributed by atoms with Crippen LogP contribution in [0.15, 0.2) is 34.6 Å². The van der Waals surface area contributed by atoms with Gasteiger partial charge in [-0.15, -0.1) is 0 Å². The zero-order valence-electron chi connectivity index (χ0n) is 6.91. The Kier molecular flexibility index (Phi) is 3.64. The van der Waals surface area contributed by atoms with E-state index in [1.165, 1.54) is 11.5 Å². The standard InChI is InChI=1S/C9H6F2O2S/c10-7-2-1-6(5-8(7)11)14-4-3-9(12)13/h1-5H,(H,12,13)/b4-3+. The van der Waals surface area contributed by atoms with Crippen molar-refractivity contribution in [1.29, 1.82) is 0 Å². The summed E-state index contributed by atoms with van der Waals surface area (Å²) in [5, 5.41) is 9.54. The van der Waals surface area contributed by atoms with Crippen molar-refractivity contribution in [2.75, 3.05) is 0 Å². The first-order valence-corrected chi connectivity index (χ1v) is 4.49. The van der Waals surface area contributed by atoms with Crippen molar-refractivity contribution in [1.82, 2.24) is 0 Å². The molecule has 0 aliphatic rings. The van der Waals surface area contributed by atoms with Crippen LogP contribution in [0.3, 0.4) is 0 Å². The summed E-state index contributed by atoms with van der Waals surface area (Å²) in [5.74, 6) is -2.95. The highest BCUT2D eigenvalue weighted by Crippen LogP contribution is 2.20. The van der Waals surface area contributed by atoms with Crippen LogP contribution in [0, 0.1) is 11.6 Å². The van der Waals surface area contributed by atoms with Crippen LogP contribution in [0.2, 0.25) is 0 Å². The monoisotopic (exact) mass is 216 g/mol. The number of carboxylic acids is 1. The Hall–Kier alpha value is -1.36. The average Bonchev–Trinajstić information content (AvgIpc) is 2.10. The van der Waals surface area contributed by atoms with Gasteiger partial charge in [-0.05, 0) is 23.6 Å². The summed E-state index contributed by atoms with van der Waals surface area (Å²) in [6.07, 6.45) is 0.923. The third-order valence-corrected chi connectivity index (χ3v) is 2.10. The Bertz CT molecular complexity index is 377. The minimum absolute atomic E-state index is 0.446. The summed E-state index contributed by atoms with van der Waals surface area (Å²) in [7, 11) is 0. The maximum absolute atomic E-state index is 12.6. The van der Waals surface area contributed by atoms with E-state index in [-0.39, 0.29) is 0 Å². The maximum Gasteiger partial charge on any atom is 0.328 e. The summed E-state index contributed by atoms with van der Waals surface area (Å²) in [4.78, 5) is 10.5. The van der Waals surface area contributed by atoms with Crippen LogP contribution in [-0.4, -0.2) is 11.1 Å². The minimum atomic E-state index is -1.08. The van der Waals surface area contributed by atoms with Gasteiger partial charge in [0.1, 0.15) is 0 Å². The number of halogens is 2. The van der Waals surface area contributed by atoms with Crippen LogP contribution >= 0.6 is 11.8 Å². The van der Waals surface area contributed by atoms with Crippen LogP contribution < -0.4 is 0 Å². The quantitative estimate of drug-likeness (QED) is 0.623. The van der Waals surface area contributed by atoms with E-state index in [2.05, 4.69) is 0 Å². The lowest BCUT2D eigenvalue weighted by molar-refractivity contribution is -0.131. The molecule has 0 aromatic heterocycles. The van der Waals surface area contributed by atoms with Crippen molar-refractivity contribution in [3.8, 4) is 0 Å². The molecule has 0 unspecified atom stereocenters. The number of thioether (sulfide) groups is 1. The number of hydrogen-bond acceptors (Lipinski definition) is 2. The van der Waals surface area contributed by atoms with Crippen molar-refractivity contribution in [2.24, 2.45) is 0 Å². The van der Waals surface area contributed by atoms with Crippen molar-refractivity contribution in [3.63, 3.8) is 0 Å². The third kappa shape index (κ3) is 3.18. The average molecular weight is 216 g/mol. The van der Waals surface area contributed by atoms with Gasteiger partial charge in [0.05, 0.1) is 0 Å². The van der Waals surface area contributed by atoms with Crippen LogP contribution in [-0.2, 0) is 4.79 Å². The van der Waals surface area contributed by atoms with Gasteiger partial charge in [0.25, 0.3) is 0 Å². The molecular formula is C9H6F2O2S. The maximum atomic E-state index is 12.6. The molecule has 74 valence electrons. The van der Waals surface area contributed by atoms with E-state index < -0.39 is 17.6 Å². The summed E-state index contributed by atoms with van der Waals surface area (Å²) in [5.41, 5.74) is 0. The van der Waals surface area contributed by atoms with E-state index in [1.807, 2.05) is 0 Å². The molecule has 1 rings (SSSR count). The largest absolute Gasteiger partial charge is 0.478 e. The smallest absolute Gasteiger partial charge is 0.328 e. The lowest BCUT2D eigenvalue weighted by atomic mass is 10.3. The molecule has 5 heteroatoms. The predicted octanol–water partition coefficient (Wildman–Crippen LogP) is 2.66. The molecule has 0 aliphatic carbocycles. The van der Waals surface area contributed by atoms with E-state index in [9.17, 15) is 13.6 Å². The van der Waals surface area contributed by atoms with E-state index in [0.29, 0.717) is 4.90 Å². The molecule has 0 fully saturated rings. The van der Waals surface area contributed by atoms with E-state index in [4.69, 9.17) is 5.11 Å². The van der Waals surface area contributed by atoms with Crippen molar-refractivity contribution in [2.45, 2.75) is 4.90 Å².